The number of aromatic nitrogens is 2. The minimum atomic E-state index is -0.880. The van der Waals surface area contributed by atoms with Gasteiger partial charge in [0.25, 0.3) is 11.1 Å². The lowest BCUT2D eigenvalue weighted by Gasteiger charge is -2.27. The highest BCUT2D eigenvalue weighted by Gasteiger charge is 2.30. The minimum Gasteiger partial charge on any atom is -0.410 e. The van der Waals surface area contributed by atoms with E-state index in [1.54, 1.807) is 6.92 Å². The first-order chi connectivity index (χ1) is 10.4. The topological polar surface area (TPSA) is 91.8 Å². The fraction of sp³-hybridized carbons (Fsp3) is 0.429. The van der Waals surface area contributed by atoms with Crippen molar-refractivity contribution in [2.75, 3.05) is 5.75 Å². The molecule has 22 heavy (non-hydrogen) atoms. The summed E-state index contributed by atoms with van der Waals surface area (Å²) >= 11 is 2.66. The molecule has 0 spiro atoms. The summed E-state index contributed by atoms with van der Waals surface area (Å²) in [6.07, 6.45) is 0. The first kappa shape index (κ1) is 16.5. The van der Waals surface area contributed by atoms with Gasteiger partial charge in [0.15, 0.2) is 0 Å². The Balaban J connectivity index is 1.91. The summed E-state index contributed by atoms with van der Waals surface area (Å²) in [5, 5.41) is 22.0. The van der Waals surface area contributed by atoms with Crippen LogP contribution in [0.25, 0.3) is 10.8 Å². The van der Waals surface area contributed by atoms with E-state index in [4.69, 9.17) is 4.42 Å². The van der Waals surface area contributed by atoms with Gasteiger partial charge in [-0.2, -0.15) is 5.26 Å². The first-order valence-corrected chi connectivity index (χ1v) is 8.53. The molecule has 0 aliphatic rings. The summed E-state index contributed by atoms with van der Waals surface area (Å²) in [5.74, 6) is 0.344. The van der Waals surface area contributed by atoms with Gasteiger partial charge in [0.1, 0.15) is 5.54 Å². The Hall–Kier alpha value is -1.85. The number of hydrogen-bond acceptors (Lipinski definition) is 7. The summed E-state index contributed by atoms with van der Waals surface area (Å²) in [6, 6.07) is 5.93. The van der Waals surface area contributed by atoms with Crippen LogP contribution in [0, 0.1) is 17.2 Å². The Morgan fingerprint density at radius 1 is 1.59 bits per heavy atom. The van der Waals surface area contributed by atoms with Crippen molar-refractivity contribution in [1.29, 1.82) is 5.26 Å². The van der Waals surface area contributed by atoms with E-state index < -0.39 is 5.54 Å². The van der Waals surface area contributed by atoms with Crippen molar-refractivity contribution in [3.8, 4) is 16.8 Å². The van der Waals surface area contributed by atoms with Gasteiger partial charge < -0.3 is 9.73 Å². The minimum absolute atomic E-state index is 0.0142. The molecule has 2 heterocycles. The molecule has 0 saturated heterocycles. The number of amides is 1. The Bertz CT molecular complexity index is 675. The number of nitriles is 1. The highest BCUT2D eigenvalue weighted by atomic mass is 32.2. The first-order valence-electron chi connectivity index (χ1n) is 6.67. The Morgan fingerprint density at radius 3 is 2.95 bits per heavy atom. The number of carbonyl (C=O) groups is 1. The van der Waals surface area contributed by atoms with E-state index in [0.717, 1.165) is 16.6 Å². The molecule has 116 valence electrons. The van der Waals surface area contributed by atoms with Crippen LogP contribution in [0.1, 0.15) is 20.8 Å². The van der Waals surface area contributed by atoms with Crippen LogP contribution in [0.2, 0.25) is 0 Å². The fourth-order valence-corrected chi connectivity index (χ4v) is 2.73. The molecule has 0 saturated carbocycles. The zero-order valence-electron chi connectivity index (χ0n) is 12.5. The lowest BCUT2D eigenvalue weighted by atomic mass is 9.90. The maximum atomic E-state index is 12.0. The molecule has 2 aromatic rings. The van der Waals surface area contributed by atoms with Gasteiger partial charge in [-0.05, 0) is 24.3 Å². The van der Waals surface area contributed by atoms with Gasteiger partial charge in [-0.15, -0.1) is 21.5 Å². The van der Waals surface area contributed by atoms with Crippen LogP contribution in [0.5, 0.6) is 0 Å². The van der Waals surface area contributed by atoms with Crippen LogP contribution in [0.15, 0.2) is 27.2 Å². The molecule has 0 aliphatic heterocycles. The Labute approximate surface area is 136 Å². The monoisotopic (exact) mass is 336 g/mol. The molecule has 2 aromatic heterocycles. The van der Waals surface area contributed by atoms with Crippen LogP contribution >= 0.6 is 23.1 Å². The number of nitrogens with zero attached hydrogens (tertiary/aromatic N) is 3. The van der Waals surface area contributed by atoms with E-state index >= 15 is 0 Å². The fourth-order valence-electron chi connectivity index (χ4n) is 1.52. The van der Waals surface area contributed by atoms with Crippen LogP contribution in [0.4, 0.5) is 0 Å². The third-order valence-electron chi connectivity index (χ3n) is 3.25. The van der Waals surface area contributed by atoms with Gasteiger partial charge >= 0.3 is 0 Å². The smallest absolute Gasteiger partial charge is 0.277 e. The second-order valence-electron chi connectivity index (χ2n) is 5.16. The van der Waals surface area contributed by atoms with Gasteiger partial charge in [0.05, 0.1) is 16.7 Å². The van der Waals surface area contributed by atoms with Gasteiger partial charge in [-0.1, -0.05) is 31.7 Å². The average Bonchev–Trinajstić information content (AvgIpc) is 3.15. The van der Waals surface area contributed by atoms with E-state index in [9.17, 15) is 10.1 Å². The predicted molar refractivity (Wildman–Crippen MR) is 85.3 cm³/mol. The summed E-state index contributed by atoms with van der Waals surface area (Å²) in [6.45, 7) is 5.49. The molecule has 8 heteroatoms. The van der Waals surface area contributed by atoms with E-state index in [2.05, 4.69) is 21.6 Å². The number of thiophene rings is 1. The molecule has 2 rings (SSSR count). The molecule has 6 nitrogen and oxygen atoms in total. The van der Waals surface area contributed by atoms with E-state index in [-0.39, 0.29) is 17.6 Å². The number of thioether (sulfide) groups is 1. The zero-order valence-corrected chi connectivity index (χ0v) is 14.1. The van der Waals surface area contributed by atoms with E-state index in [1.165, 1.54) is 11.3 Å². The molecule has 1 N–H and O–H groups in total. The molecule has 0 aliphatic carbocycles. The highest BCUT2D eigenvalue weighted by Crippen LogP contribution is 2.26. The lowest BCUT2D eigenvalue weighted by Crippen LogP contribution is -2.49. The summed E-state index contributed by atoms with van der Waals surface area (Å²) < 4.78 is 5.49. The predicted octanol–water partition coefficient (Wildman–Crippen LogP) is 2.94. The van der Waals surface area contributed by atoms with Gasteiger partial charge in [-0.25, -0.2) is 0 Å². The maximum absolute atomic E-state index is 12.0. The molecule has 1 amide bonds. The largest absolute Gasteiger partial charge is 0.410 e. The number of hydrogen-bond donors (Lipinski definition) is 1. The number of carbonyl (C=O) groups excluding carboxylic acids is 1. The molecule has 0 bridgehead atoms. The van der Waals surface area contributed by atoms with E-state index in [1.807, 2.05) is 31.4 Å². The van der Waals surface area contributed by atoms with Crippen LogP contribution in [0.3, 0.4) is 0 Å². The summed E-state index contributed by atoms with van der Waals surface area (Å²) in [5.41, 5.74) is -0.880. The van der Waals surface area contributed by atoms with Crippen molar-refractivity contribution in [3.05, 3.63) is 17.5 Å². The normalized spacial score (nSPS) is 13.6. The third kappa shape index (κ3) is 3.87. The number of nitrogens with one attached hydrogen (secondary N) is 1. The molecule has 1 atom stereocenters. The van der Waals surface area contributed by atoms with Crippen molar-refractivity contribution in [1.82, 2.24) is 15.5 Å². The molecule has 0 radical (unpaired) electrons. The number of rotatable bonds is 6. The van der Waals surface area contributed by atoms with Crippen molar-refractivity contribution >= 4 is 29.0 Å². The average molecular weight is 336 g/mol. The SMILES string of the molecule is CC(C)[C@@](C)(C#N)NC(=O)CSc1nnc(-c2cccs2)o1. The van der Waals surface area contributed by atoms with Crippen LogP contribution < -0.4 is 5.32 Å². The van der Waals surface area contributed by atoms with Crippen LogP contribution in [-0.2, 0) is 4.79 Å². The standard InChI is InChI=1S/C14H16N4O2S2/c1-9(2)14(3,8-15)16-11(19)7-22-13-18-17-12(20-13)10-5-4-6-21-10/h4-6,9H,7H2,1-3H3,(H,16,19)/t14-/m1/s1. The zero-order chi connectivity index (χ0) is 16.2. The van der Waals surface area contributed by atoms with Gasteiger partial charge in [-0.3, -0.25) is 4.79 Å². The molecular weight excluding hydrogens is 320 g/mol. The van der Waals surface area contributed by atoms with E-state index in [0.29, 0.717) is 11.1 Å². The van der Waals surface area contributed by atoms with Gasteiger partial charge in [0.2, 0.25) is 5.91 Å². The van der Waals surface area contributed by atoms with Crippen molar-refractivity contribution in [2.45, 2.75) is 31.5 Å². The quantitative estimate of drug-likeness (QED) is 0.815. The summed E-state index contributed by atoms with van der Waals surface area (Å²) in [4.78, 5) is 12.8. The lowest BCUT2D eigenvalue weighted by molar-refractivity contribution is -0.120. The second-order valence-corrected chi connectivity index (χ2v) is 7.03. The van der Waals surface area contributed by atoms with Gasteiger partial charge in [0, 0.05) is 0 Å². The second kappa shape index (κ2) is 6.94. The molecule has 0 unspecified atom stereocenters. The highest BCUT2D eigenvalue weighted by molar-refractivity contribution is 7.99. The Kier molecular flexibility index (Phi) is 5.21. The third-order valence-corrected chi connectivity index (χ3v) is 4.93. The van der Waals surface area contributed by atoms with Crippen LogP contribution in [-0.4, -0.2) is 27.4 Å². The summed E-state index contributed by atoms with van der Waals surface area (Å²) in [7, 11) is 0. The molecule has 0 fully saturated rings. The maximum Gasteiger partial charge on any atom is 0.277 e. The van der Waals surface area contributed by atoms with Crippen molar-refractivity contribution < 1.29 is 9.21 Å². The Morgan fingerprint density at radius 2 is 2.36 bits per heavy atom. The molecule has 0 aromatic carbocycles. The van der Waals surface area contributed by atoms with Crippen molar-refractivity contribution in [2.24, 2.45) is 5.92 Å². The van der Waals surface area contributed by atoms with Crippen molar-refractivity contribution in [3.63, 3.8) is 0 Å². The molecular formula is C14H16N4O2S2.